The molecule has 0 fully saturated rings. The summed E-state index contributed by atoms with van der Waals surface area (Å²) >= 11 is 0. The summed E-state index contributed by atoms with van der Waals surface area (Å²) in [5.74, 6) is -0.0477. The molecule has 0 unspecified atom stereocenters. The number of aromatic amines is 1. The summed E-state index contributed by atoms with van der Waals surface area (Å²) in [6, 6.07) is 20.5. The van der Waals surface area contributed by atoms with E-state index in [1.54, 1.807) is 0 Å². The highest BCUT2D eigenvalue weighted by atomic mass is 16.7. The molecule has 3 aromatic carbocycles. The second-order valence-electron chi connectivity index (χ2n) is 7.96. The molecule has 3 N–H and O–H groups in total. The first-order valence-electron chi connectivity index (χ1n) is 11.0. The maximum atomic E-state index is 10.8. The molecule has 4 aromatic rings. The van der Waals surface area contributed by atoms with Gasteiger partial charge in [0, 0.05) is 28.8 Å². The summed E-state index contributed by atoms with van der Waals surface area (Å²) in [4.78, 5) is 29.9. The summed E-state index contributed by atoms with van der Waals surface area (Å²) in [6.45, 7) is 0.179. The number of nitrogens with one attached hydrogen (secondary N) is 1. The Kier molecular flexibility index (Phi) is 6.07. The third-order valence-corrected chi connectivity index (χ3v) is 5.57. The fourth-order valence-electron chi connectivity index (χ4n) is 3.82. The molecule has 36 heavy (non-hydrogen) atoms. The average Bonchev–Trinajstić information content (AvgIpc) is 3.54. The van der Waals surface area contributed by atoms with Crippen molar-refractivity contribution in [3.63, 3.8) is 0 Å². The Hall–Kier alpha value is -5.11. The van der Waals surface area contributed by atoms with Crippen LogP contribution in [0.25, 0.3) is 46.1 Å². The Morgan fingerprint density at radius 2 is 1.31 bits per heavy atom. The van der Waals surface area contributed by atoms with E-state index in [0.717, 1.165) is 45.7 Å². The van der Waals surface area contributed by atoms with E-state index in [2.05, 4.69) is 4.98 Å². The molecule has 0 aliphatic carbocycles. The number of hydrogen-bond acceptors (Lipinski definition) is 5. The number of carboxylic acids is 2. The van der Waals surface area contributed by atoms with Gasteiger partial charge in [0.1, 0.15) is 5.82 Å². The minimum atomic E-state index is -1.01. The lowest BCUT2D eigenvalue weighted by Crippen LogP contribution is -1.92. The van der Waals surface area contributed by atoms with Gasteiger partial charge in [-0.25, -0.2) is 14.6 Å². The van der Waals surface area contributed by atoms with E-state index < -0.39 is 11.9 Å². The highest BCUT2D eigenvalue weighted by Gasteiger charge is 2.19. The van der Waals surface area contributed by atoms with Crippen LogP contribution >= 0.6 is 0 Å². The van der Waals surface area contributed by atoms with Gasteiger partial charge in [0.05, 0.1) is 11.4 Å². The number of aromatic nitrogens is 2. The third-order valence-electron chi connectivity index (χ3n) is 5.57. The fourth-order valence-corrected chi connectivity index (χ4v) is 3.82. The van der Waals surface area contributed by atoms with Gasteiger partial charge < -0.3 is 24.7 Å². The molecule has 0 spiro atoms. The molecular weight excluding hydrogens is 460 g/mol. The molecule has 2 heterocycles. The predicted molar refractivity (Wildman–Crippen MR) is 134 cm³/mol. The Bertz CT molecular complexity index is 1410. The van der Waals surface area contributed by atoms with Crippen molar-refractivity contribution in [2.24, 2.45) is 0 Å². The zero-order chi connectivity index (χ0) is 25.1. The van der Waals surface area contributed by atoms with Crippen LogP contribution in [0.1, 0.15) is 11.1 Å². The maximum absolute atomic E-state index is 10.8. The summed E-state index contributed by atoms with van der Waals surface area (Å²) < 4.78 is 10.9. The number of hydrogen-bond donors (Lipinski definition) is 3. The van der Waals surface area contributed by atoms with Crippen molar-refractivity contribution >= 4 is 24.1 Å². The summed E-state index contributed by atoms with van der Waals surface area (Å²) in [5.41, 5.74) is 5.54. The maximum Gasteiger partial charge on any atom is 0.328 e. The average molecular weight is 480 g/mol. The second kappa shape index (κ2) is 9.63. The molecule has 0 atom stereocenters. The quantitative estimate of drug-likeness (QED) is 0.305. The molecule has 5 rings (SSSR count). The zero-order valence-corrected chi connectivity index (χ0v) is 18.8. The Morgan fingerprint density at radius 3 is 1.92 bits per heavy atom. The molecule has 178 valence electrons. The standard InChI is InChI=1S/C28H20N2O6/c31-24(32)13-5-17-1-7-19(8-2-17)26-27(20-9-3-18(4-10-20)6-14-25(33)34)30-28(29-26)21-11-12-22-23(15-21)36-16-35-22/h1-15H,16H2,(H,29,30)(H,31,32)(H,33,34). The molecule has 8 nitrogen and oxygen atoms in total. The van der Waals surface area contributed by atoms with Gasteiger partial charge in [-0.15, -0.1) is 0 Å². The number of rotatable bonds is 7. The molecular formula is C28H20N2O6. The lowest BCUT2D eigenvalue weighted by Gasteiger charge is -2.05. The van der Waals surface area contributed by atoms with Crippen molar-refractivity contribution < 1.29 is 29.3 Å². The van der Waals surface area contributed by atoms with Gasteiger partial charge in [-0.2, -0.15) is 0 Å². The molecule has 0 amide bonds. The van der Waals surface area contributed by atoms with Crippen molar-refractivity contribution in [2.45, 2.75) is 0 Å². The van der Waals surface area contributed by atoms with Gasteiger partial charge in [-0.3, -0.25) is 0 Å². The topological polar surface area (TPSA) is 122 Å². The van der Waals surface area contributed by atoms with E-state index in [9.17, 15) is 9.59 Å². The summed E-state index contributed by atoms with van der Waals surface area (Å²) in [7, 11) is 0. The van der Waals surface area contributed by atoms with Gasteiger partial charge in [0.25, 0.3) is 0 Å². The predicted octanol–water partition coefficient (Wildman–Crippen LogP) is 5.34. The number of carbonyl (C=O) groups is 2. The van der Waals surface area contributed by atoms with Gasteiger partial charge in [-0.1, -0.05) is 48.5 Å². The molecule has 8 heteroatoms. The van der Waals surface area contributed by atoms with Crippen LogP contribution in [0.15, 0.2) is 78.9 Å². The number of ether oxygens (including phenoxy) is 2. The molecule has 1 aromatic heterocycles. The van der Waals surface area contributed by atoms with Crippen molar-refractivity contribution in [3.05, 3.63) is 90.0 Å². The van der Waals surface area contributed by atoms with Crippen LogP contribution in [0.5, 0.6) is 11.5 Å². The number of benzene rings is 3. The van der Waals surface area contributed by atoms with Crippen molar-refractivity contribution in [1.82, 2.24) is 9.97 Å². The molecule has 1 aliphatic rings. The normalized spacial score (nSPS) is 12.4. The lowest BCUT2D eigenvalue weighted by molar-refractivity contribution is -0.132. The fraction of sp³-hybridized carbons (Fsp3) is 0.0357. The van der Waals surface area contributed by atoms with Crippen molar-refractivity contribution in [1.29, 1.82) is 0 Å². The van der Waals surface area contributed by atoms with Gasteiger partial charge >= 0.3 is 11.9 Å². The van der Waals surface area contributed by atoms with Crippen LogP contribution in [-0.4, -0.2) is 38.9 Å². The molecule has 0 bridgehead atoms. The Labute approximate surface area is 205 Å². The number of H-pyrrole nitrogens is 1. The molecule has 0 radical (unpaired) electrons. The van der Waals surface area contributed by atoms with Crippen LogP contribution < -0.4 is 9.47 Å². The highest BCUT2D eigenvalue weighted by Crippen LogP contribution is 2.38. The van der Waals surface area contributed by atoms with E-state index in [-0.39, 0.29) is 6.79 Å². The second-order valence-corrected chi connectivity index (χ2v) is 7.96. The molecule has 0 saturated heterocycles. The largest absolute Gasteiger partial charge is 0.478 e. The zero-order valence-electron chi connectivity index (χ0n) is 18.8. The van der Waals surface area contributed by atoms with Crippen LogP contribution in [0.4, 0.5) is 0 Å². The first kappa shape index (κ1) is 22.7. The minimum absolute atomic E-state index is 0.179. The number of carboxylic acid groups (broad SMARTS) is 2. The lowest BCUT2D eigenvalue weighted by atomic mass is 10.0. The number of fused-ring (bicyclic) bond motifs is 1. The van der Waals surface area contributed by atoms with Gasteiger partial charge in [0.2, 0.25) is 6.79 Å². The smallest absolute Gasteiger partial charge is 0.328 e. The Balaban J connectivity index is 1.56. The van der Waals surface area contributed by atoms with Crippen molar-refractivity contribution in [2.75, 3.05) is 6.79 Å². The van der Waals surface area contributed by atoms with E-state index >= 15 is 0 Å². The van der Waals surface area contributed by atoms with Gasteiger partial charge in [-0.05, 0) is 41.5 Å². The number of imidazole rings is 1. The van der Waals surface area contributed by atoms with E-state index in [4.69, 9.17) is 24.7 Å². The van der Waals surface area contributed by atoms with Gasteiger partial charge in [0.15, 0.2) is 11.5 Å². The van der Waals surface area contributed by atoms with Crippen LogP contribution in [0.2, 0.25) is 0 Å². The van der Waals surface area contributed by atoms with Crippen molar-refractivity contribution in [3.8, 4) is 45.4 Å². The Morgan fingerprint density at radius 1 is 0.750 bits per heavy atom. The van der Waals surface area contributed by atoms with Crippen LogP contribution in [0, 0.1) is 0 Å². The number of aliphatic carboxylic acids is 2. The van der Waals surface area contributed by atoms with E-state index in [1.807, 2.05) is 66.7 Å². The minimum Gasteiger partial charge on any atom is -0.478 e. The first-order valence-corrected chi connectivity index (χ1v) is 11.0. The summed E-state index contributed by atoms with van der Waals surface area (Å²) in [6.07, 6.45) is 5.24. The monoisotopic (exact) mass is 480 g/mol. The highest BCUT2D eigenvalue weighted by molar-refractivity contribution is 5.87. The third kappa shape index (κ3) is 4.88. The van der Waals surface area contributed by atoms with E-state index in [0.29, 0.717) is 23.0 Å². The summed E-state index contributed by atoms with van der Waals surface area (Å²) in [5, 5.41) is 17.7. The van der Waals surface area contributed by atoms with Crippen LogP contribution in [-0.2, 0) is 9.59 Å². The van der Waals surface area contributed by atoms with E-state index in [1.165, 1.54) is 12.2 Å². The first-order chi connectivity index (χ1) is 17.5. The molecule has 0 saturated carbocycles. The SMILES string of the molecule is O=C(O)C=Cc1ccc(-c2nc(-c3ccc4c(c3)OCO4)[nH]c2-c2ccc(C=CC(=O)O)cc2)cc1. The molecule has 1 aliphatic heterocycles. The number of nitrogens with zero attached hydrogens (tertiary/aromatic N) is 1. The van der Waals surface area contributed by atoms with Crippen LogP contribution in [0.3, 0.4) is 0 Å².